The lowest BCUT2D eigenvalue weighted by molar-refractivity contribution is 0.318. The van der Waals surface area contributed by atoms with E-state index in [0.717, 1.165) is 30.7 Å². The number of aromatic nitrogens is 2. The van der Waals surface area contributed by atoms with Gasteiger partial charge in [0.1, 0.15) is 0 Å². The molecule has 0 aliphatic rings. The summed E-state index contributed by atoms with van der Waals surface area (Å²) >= 11 is 3.34. The average molecular weight is 233 g/mol. The van der Waals surface area contributed by atoms with Gasteiger partial charge in [0.2, 0.25) is 0 Å². The number of aryl methyl sites for hydroxylation is 1. The van der Waals surface area contributed by atoms with Crippen molar-refractivity contribution in [3.05, 3.63) is 12.4 Å². The highest BCUT2D eigenvalue weighted by Crippen LogP contribution is 2.08. The predicted octanol–water partition coefficient (Wildman–Crippen LogP) is 2.07. The van der Waals surface area contributed by atoms with Crippen LogP contribution in [0.25, 0.3) is 0 Å². The lowest BCUT2D eigenvalue weighted by atomic mass is 10.5. The number of halogens is 1. The van der Waals surface area contributed by atoms with E-state index in [1.54, 1.807) is 6.20 Å². The van der Waals surface area contributed by atoms with E-state index in [-0.39, 0.29) is 0 Å². The summed E-state index contributed by atoms with van der Waals surface area (Å²) in [6.07, 6.45) is 4.68. The summed E-state index contributed by atoms with van der Waals surface area (Å²) in [4.78, 5) is 0. The molecule has 1 aromatic rings. The molecule has 0 saturated heterocycles. The fourth-order valence-electron chi connectivity index (χ4n) is 0.837. The van der Waals surface area contributed by atoms with Crippen LogP contribution in [0.1, 0.15) is 13.3 Å². The van der Waals surface area contributed by atoms with Gasteiger partial charge >= 0.3 is 0 Å². The second-order valence-corrected chi connectivity index (χ2v) is 3.22. The minimum absolute atomic E-state index is 0.751. The van der Waals surface area contributed by atoms with E-state index in [4.69, 9.17) is 4.74 Å². The fourth-order valence-corrected chi connectivity index (χ4v) is 1.07. The minimum atomic E-state index is 0.751. The standard InChI is InChI=1S/C8H13BrN2O/c1-2-11-7-8(6-10-11)12-5-3-4-9/h6-7H,2-5H2,1H3. The van der Waals surface area contributed by atoms with E-state index in [0.29, 0.717) is 0 Å². The Labute approximate surface area is 80.8 Å². The van der Waals surface area contributed by atoms with Crippen molar-refractivity contribution in [2.45, 2.75) is 19.9 Å². The quantitative estimate of drug-likeness (QED) is 0.575. The van der Waals surface area contributed by atoms with Crippen LogP contribution in [0.5, 0.6) is 5.75 Å². The third kappa shape index (κ3) is 2.85. The van der Waals surface area contributed by atoms with E-state index >= 15 is 0 Å². The summed E-state index contributed by atoms with van der Waals surface area (Å²) in [5, 5.41) is 5.07. The Bertz CT molecular complexity index is 225. The molecule has 0 aliphatic carbocycles. The van der Waals surface area contributed by atoms with Crippen molar-refractivity contribution in [3.63, 3.8) is 0 Å². The van der Waals surface area contributed by atoms with Crippen molar-refractivity contribution in [3.8, 4) is 5.75 Å². The molecule has 12 heavy (non-hydrogen) atoms. The number of ether oxygens (including phenoxy) is 1. The van der Waals surface area contributed by atoms with E-state index in [9.17, 15) is 0 Å². The number of alkyl halides is 1. The van der Waals surface area contributed by atoms with Crippen molar-refractivity contribution >= 4 is 15.9 Å². The van der Waals surface area contributed by atoms with Crippen molar-refractivity contribution in [2.75, 3.05) is 11.9 Å². The summed E-state index contributed by atoms with van der Waals surface area (Å²) in [6, 6.07) is 0. The molecule has 0 spiro atoms. The molecule has 0 saturated carbocycles. The minimum Gasteiger partial charge on any atom is -0.490 e. The van der Waals surface area contributed by atoms with Gasteiger partial charge in [-0.05, 0) is 13.3 Å². The van der Waals surface area contributed by atoms with Crippen LogP contribution in [0.4, 0.5) is 0 Å². The summed E-state index contributed by atoms with van der Waals surface area (Å²) in [7, 11) is 0. The number of hydrogen-bond acceptors (Lipinski definition) is 2. The molecule has 1 heterocycles. The van der Waals surface area contributed by atoms with Gasteiger partial charge < -0.3 is 4.74 Å². The second-order valence-electron chi connectivity index (χ2n) is 2.42. The number of hydrogen-bond donors (Lipinski definition) is 0. The van der Waals surface area contributed by atoms with Crippen LogP contribution in [-0.2, 0) is 6.54 Å². The number of nitrogens with zero attached hydrogens (tertiary/aromatic N) is 2. The first-order valence-electron chi connectivity index (χ1n) is 4.08. The normalized spacial score (nSPS) is 10.2. The van der Waals surface area contributed by atoms with Gasteiger partial charge in [-0.3, -0.25) is 4.68 Å². The molecule has 1 aromatic heterocycles. The SMILES string of the molecule is CCn1cc(OCCCBr)cn1. The van der Waals surface area contributed by atoms with Gasteiger partial charge in [0.15, 0.2) is 5.75 Å². The molecule has 3 nitrogen and oxygen atoms in total. The lowest BCUT2D eigenvalue weighted by Gasteiger charge is -1.99. The van der Waals surface area contributed by atoms with Gasteiger partial charge in [-0.1, -0.05) is 15.9 Å². The Kier molecular flexibility index (Phi) is 4.14. The van der Waals surface area contributed by atoms with Crippen LogP contribution in [0.3, 0.4) is 0 Å². The maximum Gasteiger partial charge on any atom is 0.157 e. The highest BCUT2D eigenvalue weighted by molar-refractivity contribution is 9.09. The molecule has 1 rings (SSSR count). The zero-order valence-electron chi connectivity index (χ0n) is 7.16. The van der Waals surface area contributed by atoms with E-state index in [1.165, 1.54) is 0 Å². The molecule has 68 valence electrons. The lowest BCUT2D eigenvalue weighted by Crippen LogP contribution is -1.96. The van der Waals surface area contributed by atoms with Crippen LogP contribution in [-0.4, -0.2) is 21.7 Å². The topological polar surface area (TPSA) is 27.1 Å². The van der Waals surface area contributed by atoms with Crippen molar-refractivity contribution < 1.29 is 4.74 Å². The molecule has 0 radical (unpaired) electrons. The van der Waals surface area contributed by atoms with Gasteiger partial charge in [-0.2, -0.15) is 5.10 Å². The Balaban J connectivity index is 2.31. The molecule has 0 aromatic carbocycles. The van der Waals surface area contributed by atoms with Gasteiger partial charge in [-0.25, -0.2) is 0 Å². The third-order valence-electron chi connectivity index (χ3n) is 1.48. The first-order valence-corrected chi connectivity index (χ1v) is 5.20. The third-order valence-corrected chi connectivity index (χ3v) is 2.04. The Morgan fingerprint density at radius 2 is 2.50 bits per heavy atom. The first kappa shape index (κ1) is 9.58. The average Bonchev–Trinajstić information content (AvgIpc) is 2.53. The maximum atomic E-state index is 5.42. The van der Waals surface area contributed by atoms with Gasteiger partial charge in [0.05, 0.1) is 19.0 Å². The Morgan fingerprint density at radius 1 is 1.67 bits per heavy atom. The molecule has 0 aliphatic heterocycles. The summed E-state index contributed by atoms with van der Waals surface area (Å²) in [5.74, 6) is 0.859. The van der Waals surface area contributed by atoms with Crippen LogP contribution in [0.15, 0.2) is 12.4 Å². The Hall–Kier alpha value is -0.510. The van der Waals surface area contributed by atoms with Crippen LogP contribution < -0.4 is 4.74 Å². The van der Waals surface area contributed by atoms with Crippen LogP contribution in [0, 0.1) is 0 Å². The first-order chi connectivity index (χ1) is 5.86. The van der Waals surface area contributed by atoms with E-state index < -0.39 is 0 Å². The summed E-state index contributed by atoms with van der Waals surface area (Å²) in [6.45, 7) is 3.69. The number of rotatable bonds is 5. The maximum absolute atomic E-state index is 5.42. The Morgan fingerprint density at radius 3 is 3.08 bits per heavy atom. The fraction of sp³-hybridized carbons (Fsp3) is 0.625. The van der Waals surface area contributed by atoms with E-state index in [2.05, 4.69) is 28.0 Å². The van der Waals surface area contributed by atoms with Crippen molar-refractivity contribution in [1.82, 2.24) is 9.78 Å². The van der Waals surface area contributed by atoms with Crippen molar-refractivity contribution in [2.24, 2.45) is 0 Å². The van der Waals surface area contributed by atoms with E-state index in [1.807, 2.05) is 10.9 Å². The highest BCUT2D eigenvalue weighted by Gasteiger charge is 1.96. The molecule has 0 unspecified atom stereocenters. The molecule has 0 N–H and O–H groups in total. The molecule has 0 fully saturated rings. The summed E-state index contributed by atoms with van der Waals surface area (Å²) in [5.41, 5.74) is 0. The zero-order chi connectivity index (χ0) is 8.81. The smallest absolute Gasteiger partial charge is 0.157 e. The highest BCUT2D eigenvalue weighted by atomic mass is 79.9. The van der Waals surface area contributed by atoms with Crippen LogP contribution in [0.2, 0.25) is 0 Å². The predicted molar refractivity (Wildman–Crippen MR) is 51.8 cm³/mol. The monoisotopic (exact) mass is 232 g/mol. The largest absolute Gasteiger partial charge is 0.490 e. The second kappa shape index (κ2) is 5.19. The molecule has 0 bridgehead atoms. The molecule has 4 heteroatoms. The molecule has 0 amide bonds. The zero-order valence-corrected chi connectivity index (χ0v) is 8.75. The van der Waals surface area contributed by atoms with Crippen LogP contribution >= 0.6 is 15.9 Å². The molecular weight excluding hydrogens is 220 g/mol. The molecular formula is C8H13BrN2O. The van der Waals surface area contributed by atoms with Gasteiger partial charge in [0.25, 0.3) is 0 Å². The van der Waals surface area contributed by atoms with Crippen molar-refractivity contribution in [1.29, 1.82) is 0 Å². The molecule has 0 atom stereocenters. The van der Waals surface area contributed by atoms with Gasteiger partial charge in [-0.15, -0.1) is 0 Å². The summed E-state index contributed by atoms with van der Waals surface area (Å²) < 4.78 is 7.27. The van der Waals surface area contributed by atoms with Gasteiger partial charge in [0, 0.05) is 11.9 Å².